The van der Waals surface area contributed by atoms with Crippen molar-refractivity contribution in [3.8, 4) is 0 Å². The van der Waals surface area contributed by atoms with Crippen LogP contribution in [-0.2, 0) is 9.53 Å². The fourth-order valence-electron chi connectivity index (χ4n) is 1.94. The molecule has 1 saturated carbocycles. The number of halogens is 1. The van der Waals surface area contributed by atoms with E-state index >= 15 is 0 Å². The molecule has 0 spiro atoms. The van der Waals surface area contributed by atoms with Crippen molar-refractivity contribution in [2.24, 2.45) is 5.92 Å². The number of hydrogen-bond acceptors (Lipinski definition) is 3. The van der Waals surface area contributed by atoms with E-state index in [1.165, 1.54) is 12.8 Å². The lowest BCUT2D eigenvalue weighted by Crippen LogP contribution is -2.12. The summed E-state index contributed by atoms with van der Waals surface area (Å²) in [6.45, 7) is 1.45. The second kappa shape index (κ2) is 7.50. The van der Waals surface area contributed by atoms with E-state index in [0.717, 1.165) is 25.4 Å². The standard InChI is InChI=1S/C15H21ClN2O2/c16-13-10-12(17)5-6-14(13)18-15(19)2-1-8-20-9-7-11-3-4-11/h5-6,10-11H,1-4,7-9,17H2,(H,18,19). The molecular weight excluding hydrogens is 276 g/mol. The molecule has 110 valence electrons. The van der Waals surface area contributed by atoms with Crippen LogP contribution in [0.15, 0.2) is 18.2 Å². The van der Waals surface area contributed by atoms with Crippen LogP contribution in [0.4, 0.5) is 11.4 Å². The zero-order valence-corrected chi connectivity index (χ0v) is 12.3. The summed E-state index contributed by atoms with van der Waals surface area (Å²) in [4.78, 5) is 11.7. The molecule has 0 saturated heterocycles. The normalized spacial score (nSPS) is 14.2. The summed E-state index contributed by atoms with van der Waals surface area (Å²) in [5, 5.41) is 3.23. The smallest absolute Gasteiger partial charge is 0.224 e. The lowest BCUT2D eigenvalue weighted by molar-refractivity contribution is -0.116. The first-order valence-corrected chi connectivity index (χ1v) is 7.45. The summed E-state index contributed by atoms with van der Waals surface area (Å²) < 4.78 is 5.50. The molecule has 0 bridgehead atoms. The number of nitrogen functional groups attached to an aromatic ring is 1. The minimum absolute atomic E-state index is 0.0533. The maximum atomic E-state index is 11.7. The number of carbonyl (C=O) groups excluding carboxylic acids is 1. The summed E-state index contributed by atoms with van der Waals surface area (Å²) in [5.41, 5.74) is 6.78. The van der Waals surface area contributed by atoms with Crippen molar-refractivity contribution in [2.45, 2.75) is 32.1 Å². The van der Waals surface area contributed by atoms with E-state index in [2.05, 4.69) is 5.32 Å². The van der Waals surface area contributed by atoms with Gasteiger partial charge in [0.05, 0.1) is 10.7 Å². The number of hydrogen-bond donors (Lipinski definition) is 2. The molecule has 1 aromatic carbocycles. The van der Waals surface area contributed by atoms with Gasteiger partial charge in [-0.1, -0.05) is 24.4 Å². The Bertz CT molecular complexity index is 461. The molecule has 3 N–H and O–H groups in total. The molecule has 20 heavy (non-hydrogen) atoms. The first-order valence-electron chi connectivity index (χ1n) is 7.08. The van der Waals surface area contributed by atoms with E-state index in [-0.39, 0.29) is 5.91 Å². The summed E-state index contributed by atoms with van der Waals surface area (Å²) in [7, 11) is 0. The first-order chi connectivity index (χ1) is 9.65. The molecule has 0 radical (unpaired) electrons. The predicted octanol–water partition coefficient (Wildman–Crippen LogP) is 3.46. The number of benzene rings is 1. The van der Waals surface area contributed by atoms with Crippen LogP contribution in [0.1, 0.15) is 32.1 Å². The highest BCUT2D eigenvalue weighted by Gasteiger charge is 2.20. The molecule has 2 rings (SSSR count). The zero-order valence-electron chi connectivity index (χ0n) is 11.5. The third-order valence-corrected chi connectivity index (χ3v) is 3.64. The minimum atomic E-state index is -0.0533. The molecule has 0 heterocycles. The lowest BCUT2D eigenvalue weighted by atomic mass is 10.2. The summed E-state index contributed by atoms with van der Waals surface area (Å²) in [5.74, 6) is 0.841. The quantitative estimate of drug-likeness (QED) is 0.570. The highest BCUT2D eigenvalue weighted by atomic mass is 35.5. The molecule has 0 aromatic heterocycles. The Morgan fingerprint density at radius 2 is 2.20 bits per heavy atom. The third-order valence-electron chi connectivity index (χ3n) is 3.33. The van der Waals surface area contributed by atoms with Crippen molar-refractivity contribution in [3.63, 3.8) is 0 Å². The molecule has 1 aromatic rings. The van der Waals surface area contributed by atoms with Crippen LogP contribution in [0.5, 0.6) is 0 Å². The molecule has 4 nitrogen and oxygen atoms in total. The van der Waals surface area contributed by atoms with E-state index < -0.39 is 0 Å². The van der Waals surface area contributed by atoms with Crippen molar-refractivity contribution in [2.75, 3.05) is 24.3 Å². The van der Waals surface area contributed by atoms with Crippen molar-refractivity contribution >= 4 is 28.9 Å². The van der Waals surface area contributed by atoms with Gasteiger partial charge in [-0.15, -0.1) is 0 Å². The summed E-state index contributed by atoms with van der Waals surface area (Å²) in [6.07, 6.45) is 5.03. The second-order valence-corrected chi connectivity index (χ2v) is 5.64. The van der Waals surface area contributed by atoms with Gasteiger partial charge >= 0.3 is 0 Å². The first kappa shape index (κ1) is 15.1. The van der Waals surface area contributed by atoms with Crippen LogP contribution >= 0.6 is 11.6 Å². The number of nitrogens with two attached hydrogens (primary N) is 1. The van der Waals surface area contributed by atoms with Crippen molar-refractivity contribution in [1.82, 2.24) is 0 Å². The van der Waals surface area contributed by atoms with E-state index in [9.17, 15) is 4.79 Å². The van der Waals surface area contributed by atoms with Crippen molar-refractivity contribution in [1.29, 1.82) is 0 Å². The maximum Gasteiger partial charge on any atom is 0.224 e. The van der Waals surface area contributed by atoms with Gasteiger partial charge in [0.25, 0.3) is 0 Å². The molecule has 1 aliphatic rings. The fourth-order valence-corrected chi connectivity index (χ4v) is 2.18. The number of rotatable bonds is 8. The Kier molecular flexibility index (Phi) is 5.68. The predicted molar refractivity (Wildman–Crippen MR) is 81.9 cm³/mol. The average Bonchev–Trinajstić information content (AvgIpc) is 3.21. The largest absolute Gasteiger partial charge is 0.399 e. The van der Waals surface area contributed by atoms with Gasteiger partial charge in [-0.3, -0.25) is 4.79 Å². The average molecular weight is 297 g/mol. The van der Waals surface area contributed by atoms with Gasteiger partial charge in [-0.2, -0.15) is 0 Å². The van der Waals surface area contributed by atoms with Crippen LogP contribution in [0.3, 0.4) is 0 Å². The van der Waals surface area contributed by atoms with Gasteiger partial charge in [0.1, 0.15) is 0 Å². The maximum absolute atomic E-state index is 11.7. The van der Waals surface area contributed by atoms with E-state index in [4.69, 9.17) is 22.1 Å². The Morgan fingerprint density at radius 3 is 2.90 bits per heavy atom. The number of ether oxygens (including phenoxy) is 1. The van der Waals surface area contributed by atoms with Crippen LogP contribution < -0.4 is 11.1 Å². The molecule has 1 amide bonds. The molecule has 0 aliphatic heterocycles. The fraction of sp³-hybridized carbons (Fsp3) is 0.533. The number of amides is 1. The third kappa shape index (κ3) is 5.39. The number of nitrogens with one attached hydrogen (secondary N) is 1. The number of anilines is 2. The van der Waals surface area contributed by atoms with E-state index in [1.807, 2.05) is 0 Å². The Labute approximate surface area is 124 Å². The van der Waals surface area contributed by atoms with E-state index in [1.54, 1.807) is 18.2 Å². The van der Waals surface area contributed by atoms with Gasteiger partial charge in [-0.05, 0) is 37.0 Å². The van der Waals surface area contributed by atoms with Gasteiger partial charge < -0.3 is 15.8 Å². The Balaban J connectivity index is 1.59. The molecule has 1 fully saturated rings. The highest BCUT2D eigenvalue weighted by molar-refractivity contribution is 6.34. The van der Waals surface area contributed by atoms with Crippen LogP contribution in [0.25, 0.3) is 0 Å². The van der Waals surface area contributed by atoms with Crippen LogP contribution in [-0.4, -0.2) is 19.1 Å². The van der Waals surface area contributed by atoms with Crippen molar-refractivity contribution in [3.05, 3.63) is 23.2 Å². The summed E-state index contributed by atoms with van der Waals surface area (Å²) >= 11 is 5.99. The zero-order chi connectivity index (χ0) is 14.4. The van der Waals surface area contributed by atoms with Gasteiger partial charge in [-0.25, -0.2) is 0 Å². The SMILES string of the molecule is Nc1ccc(NC(=O)CCCOCCC2CC2)c(Cl)c1. The monoisotopic (exact) mass is 296 g/mol. The van der Waals surface area contributed by atoms with Gasteiger partial charge in [0.15, 0.2) is 0 Å². The Morgan fingerprint density at radius 1 is 1.40 bits per heavy atom. The van der Waals surface area contributed by atoms with Crippen LogP contribution in [0.2, 0.25) is 5.02 Å². The Hall–Kier alpha value is -1.26. The number of carbonyl (C=O) groups is 1. The topological polar surface area (TPSA) is 64.3 Å². The van der Waals surface area contributed by atoms with E-state index in [0.29, 0.717) is 29.4 Å². The van der Waals surface area contributed by atoms with Gasteiger partial charge in [0, 0.05) is 25.3 Å². The molecule has 5 heteroatoms. The highest BCUT2D eigenvalue weighted by Crippen LogP contribution is 2.32. The van der Waals surface area contributed by atoms with Crippen LogP contribution in [0, 0.1) is 5.92 Å². The molecule has 0 unspecified atom stereocenters. The molecular formula is C15H21ClN2O2. The minimum Gasteiger partial charge on any atom is -0.399 e. The van der Waals surface area contributed by atoms with Crippen molar-refractivity contribution < 1.29 is 9.53 Å². The second-order valence-electron chi connectivity index (χ2n) is 5.24. The van der Waals surface area contributed by atoms with Gasteiger partial charge in [0.2, 0.25) is 5.91 Å². The molecule has 1 aliphatic carbocycles. The summed E-state index contributed by atoms with van der Waals surface area (Å²) in [6, 6.07) is 5.04. The lowest BCUT2D eigenvalue weighted by Gasteiger charge is -2.08. The molecule has 0 atom stereocenters.